The van der Waals surface area contributed by atoms with Crippen LogP contribution >= 0.6 is 11.8 Å². The number of amides is 3. The van der Waals surface area contributed by atoms with Gasteiger partial charge in [-0.15, -0.1) is 0 Å². The molecule has 0 spiro atoms. The maximum absolute atomic E-state index is 12.4. The van der Waals surface area contributed by atoms with E-state index in [9.17, 15) is 14.4 Å². The van der Waals surface area contributed by atoms with Gasteiger partial charge in [0.05, 0.1) is 11.3 Å². The van der Waals surface area contributed by atoms with E-state index in [1.165, 1.54) is 6.92 Å². The molecule has 0 aliphatic carbocycles. The topological polar surface area (TPSA) is 66.5 Å². The molecule has 6 heteroatoms. The van der Waals surface area contributed by atoms with Gasteiger partial charge in [-0.3, -0.25) is 19.3 Å². The van der Waals surface area contributed by atoms with Crippen molar-refractivity contribution in [1.82, 2.24) is 4.90 Å². The summed E-state index contributed by atoms with van der Waals surface area (Å²) in [4.78, 5) is 35.8. The van der Waals surface area contributed by atoms with Gasteiger partial charge in [0.15, 0.2) is 0 Å². The number of aryl methyl sites for hydroxylation is 1. The number of carbonyl (C=O) groups is 3. The molecular weight excluding hydrogens is 276 g/mol. The van der Waals surface area contributed by atoms with Crippen LogP contribution in [0.25, 0.3) is 0 Å². The van der Waals surface area contributed by atoms with Gasteiger partial charge in [-0.05, 0) is 24.8 Å². The number of nitrogens with one attached hydrogen (secondary N) is 1. The smallest absolute Gasteiger partial charge is 0.262 e. The average molecular weight is 294 g/mol. The first-order valence-electron chi connectivity index (χ1n) is 6.13. The van der Waals surface area contributed by atoms with Crippen molar-refractivity contribution in [3.63, 3.8) is 0 Å². The highest BCUT2D eigenvalue weighted by Gasteiger charge is 2.20. The highest BCUT2D eigenvalue weighted by atomic mass is 32.2. The van der Waals surface area contributed by atoms with Gasteiger partial charge in [0.1, 0.15) is 0 Å². The minimum atomic E-state index is -0.393. The number of hydrogen-bond acceptors (Lipinski definition) is 4. The van der Waals surface area contributed by atoms with E-state index >= 15 is 0 Å². The fourth-order valence-electron chi connectivity index (χ4n) is 1.78. The number of benzene rings is 1. The van der Waals surface area contributed by atoms with Crippen LogP contribution in [0.5, 0.6) is 0 Å². The number of thioether (sulfide) groups is 1. The summed E-state index contributed by atoms with van der Waals surface area (Å²) in [7, 11) is 0. The molecule has 0 aliphatic heterocycles. The van der Waals surface area contributed by atoms with Crippen LogP contribution in [-0.4, -0.2) is 41.7 Å². The van der Waals surface area contributed by atoms with E-state index < -0.39 is 5.91 Å². The van der Waals surface area contributed by atoms with Crippen molar-refractivity contribution in [3.05, 3.63) is 29.3 Å². The van der Waals surface area contributed by atoms with Crippen molar-refractivity contribution < 1.29 is 14.4 Å². The van der Waals surface area contributed by atoms with Crippen LogP contribution in [0.1, 0.15) is 22.8 Å². The maximum atomic E-state index is 12.4. The van der Waals surface area contributed by atoms with Crippen molar-refractivity contribution >= 4 is 35.7 Å². The van der Waals surface area contributed by atoms with E-state index in [0.717, 1.165) is 10.5 Å². The summed E-state index contributed by atoms with van der Waals surface area (Å²) >= 11 is 1.55. The predicted octanol–water partition coefficient (Wildman–Crippen LogP) is 1.92. The number of carbonyl (C=O) groups excluding carboxylic acids is 3. The van der Waals surface area contributed by atoms with Crippen LogP contribution in [0, 0.1) is 6.92 Å². The van der Waals surface area contributed by atoms with Gasteiger partial charge in [-0.1, -0.05) is 12.1 Å². The van der Waals surface area contributed by atoms with Crippen molar-refractivity contribution in [2.75, 3.05) is 23.9 Å². The molecule has 0 unspecified atom stereocenters. The first kappa shape index (κ1) is 16.2. The summed E-state index contributed by atoms with van der Waals surface area (Å²) in [6.07, 6.45) is 2.44. The normalized spacial score (nSPS) is 9.95. The van der Waals surface area contributed by atoms with Gasteiger partial charge in [-0.2, -0.15) is 11.8 Å². The molecule has 108 valence electrons. The molecular formula is C14H18N2O3S. The zero-order valence-electron chi connectivity index (χ0n) is 11.8. The van der Waals surface area contributed by atoms with Gasteiger partial charge in [0.25, 0.3) is 5.91 Å². The van der Waals surface area contributed by atoms with Crippen LogP contribution in [0.4, 0.5) is 5.69 Å². The van der Waals surface area contributed by atoms with Crippen LogP contribution in [0.2, 0.25) is 0 Å². The van der Waals surface area contributed by atoms with Crippen molar-refractivity contribution in [2.24, 2.45) is 0 Å². The Morgan fingerprint density at radius 3 is 2.65 bits per heavy atom. The Bertz CT molecular complexity index is 517. The van der Waals surface area contributed by atoms with Gasteiger partial charge in [0.2, 0.25) is 12.3 Å². The van der Waals surface area contributed by atoms with Gasteiger partial charge in [-0.25, -0.2) is 0 Å². The van der Waals surface area contributed by atoms with Crippen LogP contribution < -0.4 is 5.32 Å². The van der Waals surface area contributed by atoms with Crippen molar-refractivity contribution in [1.29, 1.82) is 0 Å². The quantitative estimate of drug-likeness (QED) is 0.814. The summed E-state index contributed by atoms with van der Waals surface area (Å²) in [5.74, 6) is 0.0218. The fraction of sp³-hybridized carbons (Fsp3) is 0.357. The van der Waals surface area contributed by atoms with E-state index in [1.807, 2.05) is 6.26 Å². The number of rotatable bonds is 6. The number of hydrogen-bond donors (Lipinski definition) is 1. The molecule has 0 radical (unpaired) electrons. The molecule has 0 heterocycles. The summed E-state index contributed by atoms with van der Waals surface area (Å²) in [5, 5.41) is 2.62. The van der Waals surface area contributed by atoms with Gasteiger partial charge < -0.3 is 5.32 Å². The molecule has 3 amide bonds. The van der Waals surface area contributed by atoms with E-state index in [1.54, 1.807) is 36.9 Å². The van der Waals surface area contributed by atoms with Crippen molar-refractivity contribution in [3.8, 4) is 0 Å². The molecule has 1 N–H and O–H groups in total. The predicted molar refractivity (Wildman–Crippen MR) is 81.0 cm³/mol. The van der Waals surface area contributed by atoms with Crippen LogP contribution in [0.15, 0.2) is 18.2 Å². The highest BCUT2D eigenvalue weighted by Crippen LogP contribution is 2.21. The lowest BCUT2D eigenvalue weighted by molar-refractivity contribution is -0.116. The lowest BCUT2D eigenvalue weighted by atomic mass is 10.0. The zero-order valence-corrected chi connectivity index (χ0v) is 12.6. The molecule has 0 saturated carbocycles. The Balaban J connectivity index is 3.12. The van der Waals surface area contributed by atoms with Crippen LogP contribution in [-0.2, 0) is 9.59 Å². The minimum absolute atomic E-state index is 0.258. The molecule has 20 heavy (non-hydrogen) atoms. The lowest BCUT2D eigenvalue weighted by Crippen LogP contribution is -2.33. The third-order valence-electron chi connectivity index (χ3n) is 2.72. The third-order valence-corrected chi connectivity index (χ3v) is 3.31. The Morgan fingerprint density at radius 1 is 1.40 bits per heavy atom. The summed E-state index contributed by atoms with van der Waals surface area (Å²) in [6, 6.07) is 5.18. The van der Waals surface area contributed by atoms with Gasteiger partial charge in [0, 0.05) is 19.2 Å². The third kappa shape index (κ3) is 4.09. The number of imide groups is 1. The maximum Gasteiger partial charge on any atom is 0.262 e. The lowest BCUT2D eigenvalue weighted by Gasteiger charge is -2.18. The fourth-order valence-corrected chi connectivity index (χ4v) is 2.16. The minimum Gasteiger partial charge on any atom is -0.326 e. The molecule has 5 nitrogen and oxygen atoms in total. The summed E-state index contributed by atoms with van der Waals surface area (Å²) < 4.78 is 0. The molecule has 0 saturated heterocycles. The monoisotopic (exact) mass is 294 g/mol. The molecule has 0 bridgehead atoms. The number of nitrogens with zero attached hydrogens (tertiary/aromatic N) is 1. The molecule has 1 rings (SSSR count). The highest BCUT2D eigenvalue weighted by molar-refractivity contribution is 7.98. The molecule has 0 fully saturated rings. The second-order valence-corrected chi connectivity index (χ2v) is 5.26. The Labute approximate surface area is 122 Å². The largest absolute Gasteiger partial charge is 0.326 e. The van der Waals surface area contributed by atoms with E-state index in [0.29, 0.717) is 30.0 Å². The Hall–Kier alpha value is -1.82. The second-order valence-electron chi connectivity index (χ2n) is 4.28. The van der Waals surface area contributed by atoms with Crippen LogP contribution in [0.3, 0.4) is 0 Å². The van der Waals surface area contributed by atoms with E-state index in [-0.39, 0.29) is 5.91 Å². The summed E-state index contributed by atoms with van der Waals surface area (Å²) in [6.45, 7) is 3.50. The Kier molecular flexibility index (Phi) is 6.24. The molecule has 1 aromatic carbocycles. The molecule has 0 aromatic heterocycles. The Morgan fingerprint density at radius 2 is 2.10 bits per heavy atom. The second kappa shape index (κ2) is 7.69. The number of anilines is 1. The first-order valence-corrected chi connectivity index (χ1v) is 7.53. The molecule has 0 aliphatic rings. The average Bonchev–Trinajstić information content (AvgIpc) is 2.38. The SMILES string of the molecule is CSCCN(C=O)C(=O)c1c(C)cccc1NC(C)=O. The van der Waals surface area contributed by atoms with E-state index in [4.69, 9.17) is 0 Å². The standard InChI is InChI=1S/C14H18N2O3S/c1-10-5-4-6-12(15-11(2)18)13(10)14(19)16(9-17)7-8-20-3/h4-6,9H,7-8H2,1-3H3,(H,15,18). The first-order chi connectivity index (χ1) is 9.51. The molecule has 0 atom stereocenters. The van der Waals surface area contributed by atoms with E-state index in [2.05, 4.69) is 5.32 Å². The summed E-state index contributed by atoms with van der Waals surface area (Å²) in [5.41, 5.74) is 1.51. The molecule has 1 aromatic rings. The van der Waals surface area contributed by atoms with Gasteiger partial charge >= 0.3 is 0 Å². The zero-order chi connectivity index (χ0) is 15.1. The van der Waals surface area contributed by atoms with Crippen molar-refractivity contribution in [2.45, 2.75) is 13.8 Å².